The van der Waals surface area contributed by atoms with Crippen LogP contribution in [0.5, 0.6) is 0 Å². The summed E-state index contributed by atoms with van der Waals surface area (Å²) in [5.41, 5.74) is 0.445. The summed E-state index contributed by atoms with van der Waals surface area (Å²) >= 11 is 3.33. The van der Waals surface area contributed by atoms with Crippen molar-refractivity contribution in [2.75, 3.05) is 0 Å². The first-order valence-electron chi connectivity index (χ1n) is 4.81. The highest BCUT2D eigenvalue weighted by Crippen LogP contribution is 2.33. The fraction of sp³-hybridized carbons (Fsp3) is 0.818. The molecule has 0 bridgehead atoms. The van der Waals surface area contributed by atoms with Crippen molar-refractivity contribution in [3.63, 3.8) is 0 Å². The van der Waals surface area contributed by atoms with E-state index in [2.05, 4.69) is 49.7 Å². The largest absolute Gasteiger partial charge is 0.0742 e. The van der Waals surface area contributed by atoms with E-state index in [1.54, 1.807) is 0 Å². The lowest BCUT2D eigenvalue weighted by atomic mass is 9.76. The molecule has 0 aliphatic rings. The van der Waals surface area contributed by atoms with E-state index in [0.29, 0.717) is 11.3 Å². The van der Waals surface area contributed by atoms with Crippen molar-refractivity contribution in [2.24, 2.45) is 11.3 Å². The molecule has 0 aromatic heterocycles. The summed E-state index contributed by atoms with van der Waals surface area (Å²) in [4.78, 5) is 1.98. The van der Waals surface area contributed by atoms with E-state index in [1.165, 1.54) is 19.3 Å². The first kappa shape index (κ1) is 12.2. The van der Waals surface area contributed by atoms with Crippen LogP contribution in [0.4, 0.5) is 0 Å². The van der Waals surface area contributed by atoms with Crippen molar-refractivity contribution in [3.8, 4) is 0 Å². The fourth-order valence-electron chi connectivity index (χ4n) is 1.23. The summed E-state index contributed by atoms with van der Waals surface area (Å²) < 4.78 is 0. The van der Waals surface area contributed by atoms with Crippen molar-refractivity contribution >= 4 is 15.9 Å². The molecule has 0 amide bonds. The van der Waals surface area contributed by atoms with Crippen LogP contribution in [0.1, 0.15) is 47.0 Å². The maximum absolute atomic E-state index is 3.33. The van der Waals surface area contributed by atoms with Gasteiger partial charge in [0.15, 0.2) is 0 Å². The van der Waals surface area contributed by atoms with Gasteiger partial charge in [-0.2, -0.15) is 0 Å². The van der Waals surface area contributed by atoms with Crippen LogP contribution in [-0.2, 0) is 0 Å². The Hall–Kier alpha value is 0.220. The molecule has 0 unspecified atom stereocenters. The van der Waals surface area contributed by atoms with Crippen molar-refractivity contribution < 1.29 is 0 Å². The zero-order valence-corrected chi connectivity index (χ0v) is 10.3. The second-order valence-electron chi connectivity index (χ2n) is 4.20. The van der Waals surface area contributed by atoms with Crippen molar-refractivity contribution in [3.05, 3.63) is 11.1 Å². The van der Waals surface area contributed by atoms with Crippen molar-refractivity contribution in [1.29, 1.82) is 0 Å². The average Bonchev–Trinajstić information content (AvgIpc) is 2.01. The van der Waals surface area contributed by atoms with Crippen LogP contribution in [-0.4, -0.2) is 0 Å². The zero-order valence-electron chi connectivity index (χ0n) is 8.73. The maximum Gasteiger partial charge on any atom is -0.0202 e. The number of allylic oxidation sites excluding steroid dienone is 1. The molecule has 0 radical (unpaired) electrons. The summed E-state index contributed by atoms with van der Waals surface area (Å²) in [5, 5.41) is 0. The molecule has 12 heavy (non-hydrogen) atoms. The number of rotatable bonds is 5. The number of unbranched alkanes of at least 4 members (excludes halogenated alkanes) is 1. The summed E-state index contributed by atoms with van der Waals surface area (Å²) in [6, 6.07) is 0. The van der Waals surface area contributed by atoms with Crippen LogP contribution in [0.25, 0.3) is 0 Å². The Morgan fingerprint density at radius 3 is 2.42 bits per heavy atom. The highest BCUT2D eigenvalue weighted by molar-refractivity contribution is 9.11. The molecule has 0 fully saturated rings. The molecule has 0 N–H and O–H groups in total. The van der Waals surface area contributed by atoms with Crippen LogP contribution < -0.4 is 0 Å². The molecular weight excluding hydrogens is 212 g/mol. The Bertz CT molecular complexity index is 136. The van der Waals surface area contributed by atoms with Gasteiger partial charge in [0.1, 0.15) is 0 Å². The summed E-state index contributed by atoms with van der Waals surface area (Å²) in [6.07, 6.45) is 6.19. The number of hydrogen-bond acceptors (Lipinski definition) is 0. The van der Waals surface area contributed by atoms with E-state index in [-0.39, 0.29) is 0 Å². The Morgan fingerprint density at radius 1 is 1.42 bits per heavy atom. The van der Waals surface area contributed by atoms with E-state index in [1.807, 2.05) is 4.99 Å². The van der Waals surface area contributed by atoms with Gasteiger partial charge in [-0.15, -0.1) is 0 Å². The average molecular weight is 233 g/mol. The van der Waals surface area contributed by atoms with Gasteiger partial charge >= 0.3 is 0 Å². The molecule has 1 atom stereocenters. The Morgan fingerprint density at radius 2 is 2.00 bits per heavy atom. The normalized spacial score (nSPS) is 15.4. The van der Waals surface area contributed by atoms with Gasteiger partial charge in [-0.05, 0) is 22.7 Å². The summed E-state index contributed by atoms with van der Waals surface area (Å²) in [5.74, 6) is 0.656. The zero-order chi connectivity index (χ0) is 9.61. The van der Waals surface area contributed by atoms with Crippen LogP contribution in [0.2, 0.25) is 0 Å². The van der Waals surface area contributed by atoms with Crippen LogP contribution in [0.3, 0.4) is 0 Å². The topological polar surface area (TPSA) is 0 Å². The quantitative estimate of drug-likeness (QED) is 0.642. The summed E-state index contributed by atoms with van der Waals surface area (Å²) in [6.45, 7) is 9.23. The highest BCUT2D eigenvalue weighted by atomic mass is 79.9. The SMILES string of the molecule is CCCCC(C)(C)[C@H](C)/C=C/Br. The maximum atomic E-state index is 3.33. The monoisotopic (exact) mass is 232 g/mol. The van der Waals surface area contributed by atoms with E-state index < -0.39 is 0 Å². The van der Waals surface area contributed by atoms with Crippen LogP contribution >= 0.6 is 15.9 Å². The van der Waals surface area contributed by atoms with Crippen LogP contribution in [0, 0.1) is 11.3 Å². The van der Waals surface area contributed by atoms with Gasteiger partial charge in [0.05, 0.1) is 0 Å². The fourth-order valence-corrected chi connectivity index (χ4v) is 1.69. The lowest BCUT2D eigenvalue weighted by Crippen LogP contribution is -2.19. The van der Waals surface area contributed by atoms with Gasteiger partial charge in [0.2, 0.25) is 0 Å². The standard InChI is InChI=1S/C11H21Br/c1-5-6-8-11(3,4)10(2)7-9-12/h7,9-10H,5-6,8H2,1-4H3/b9-7+/t10-/m1/s1. The molecule has 0 aromatic carbocycles. The third-order valence-electron chi connectivity index (χ3n) is 2.77. The first-order chi connectivity index (χ1) is 5.54. The molecule has 0 nitrogen and oxygen atoms in total. The molecule has 0 saturated carbocycles. The lowest BCUT2D eigenvalue weighted by Gasteiger charge is -2.29. The minimum atomic E-state index is 0.445. The molecule has 0 heterocycles. The van der Waals surface area contributed by atoms with Gasteiger partial charge in [-0.25, -0.2) is 0 Å². The van der Waals surface area contributed by atoms with E-state index >= 15 is 0 Å². The van der Waals surface area contributed by atoms with Gasteiger partial charge < -0.3 is 0 Å². The lowest BCUT2D eigenvalue weighted by molar-refractivity contribution is 0.247. The third-order valence-corrected chi connectivity index (χ3v) is 3.07. The predicted molar refractivity (Wildman–Crippen MR) is 60.5 cm³/mol. The molecule has 0 aliphatic heterocycles. The molecule has 72 valence electrons. The van der Waals surface area contributed by atoms with Gasteiger partial charge in [0, 0.05) is 0 Å². The molecule has 0 aromatic rings. The van der Waals surface area contributed by atoms with E-state index in [4.69, 9.17) is 0 Å². The third kappa shape index (κ3) is 4.30. The second-order valence-corrected chi connectivity index (χ2v) is 4.73. The summed E-state index contributed by atoms with van der Waals surface area (Å²) in [7, 11) is 0. The first-order valence-corrected chi connectivity index (χ1v) is 5.73. The predicted octanol–water partition coefficient (Wildman–Crippen LogP) is 4.75. The number of halogens is 1. The Balaban J connectivity index is 3.98. The van der Waals surface area contributed by atoms with Gasteiger partial charge in [-0.3, -0.25) is 0 Å². The Labute approximate surface area is 85.6 Å². The molecule has 0 spiro atoms. The van der Waals surface area contributed by atoms with Crippen molar-refractivity contribution in [1.82, 2.24) is 0 Å². The van der Waals surface area contributed by atoms with E-state index in [0.717, 1.165) is 0 Å². The minimum absolute atomic E-state index is 0.445. The van der Waals surface area contributed by atoms with Gasteiger partial charge in [0.25, 0.3) is 0 Å². The van der Waals surface area contributed by atoms with Crippen LogP contribution in [0.15, 0.2) is 11.1 Å². The molecule has 1 heteroatoms. The smallest absolute Gasteiger partial charge is 0.0202 e. The van der Waals surface area contributed by atoms with Crippen molar-refractivity contribution in [2.45, 2.75) is 47.0 Å². The van der Waals surface area contributed by atoms with E-state index in [9.17, 15) is 0 Å². The Kier molecular flexibility index (Phi) is 5.90. The van der Waals surface area contributed by atoms with Gasteiger partial charge in [-0.1, -0.05) is 62.5 Å². The number of hydrogen-bond donors (Lipinski definition) is 0. The molecule has 0 aliphatic carbocycles. The second kappa shape index (κ2) is 5.80. The highest BCUT2D eigenvalue weighted by Gasteiger charge is 2.22. The minimum Gasteiger partial charge on any atom is -0.0742 e. The molecule has 0 rings (SSSR count). The molecule has 0 saturated heterocycles. The molecular formula is C11H21Br.